The molecule has 0 aliphatic carbocycles. The Morgan fingerprint density at radius 3 is 2.32 bits per heavy atom. The second kappa shape index (κ2) is 5.87. The molecular weight excluding hydrogens is 307 g/mol. The van der Waals surface area contributed by atoms with Crippen molar-refractivity contribution in [2.75, 3.05) is 24.5 Å². The van der Waals surface area contributed by atoms with Crippen LogP contribution in [0.2, 0.25) is 0 Å². The summed E-state index contributed by atoms with van der Waals surface area (Å²) in [5, 5.41) is -1.22. The van der Waals surface area contributed by atoms with Crippen LogP contribution in [0.3, 0.4) is 0 Å². The first-order valence-corrected chi connectivity index (χ1v) is 8.93. The molecular formula is C15H19FN2O3S. The summed E-state index contributed by atoms with van der Waals surface area (Å²) in [5.41, 5.74) is 2.09. The van der Waals surface area contributed by atoms with Crippen LogP contribution < -0.4 is 4.90 Å². The maximum atomic E-state index is 13.0. The molecule has 0 N–H and O–H groups in total. The summed E-state index contributed by atoms with van der Waals surface area (Å²) in [6.07, 6.45) is 2.16. The largest absolute Gasteiger partial charge is 0.372 e. The number of hydrogen-bond donors (Lipinski definition) is 0. The van der Waals surface area contributed by atoms with Crippen molar-refractivity contribution in [2.24, 2.45) is 0 Å². The summed E-state index contributed by atoms with van der Waals surface area (Å²) < 4.78 is 34.8. The quantitative estimate of drug-likeness (QED) is 0.790. The Labute approximate surface area is 129 Å². The van der Waals surface area contributed by atoms with Crippen LogP contribution in [0, 0.1) is 0 Å². The van der Waals surface area contributed by atoms with Gasteiger partial charge in [-0.1, -0.05) is 12.1 Å². The second-order valence-electron chi connectivity index (χ2n) is 5.94. The van der Waals surface area contributed by atoms with E-state index in [-0.39, 0.29) is 18.9 Å². The average molecular weight is 326 g/mol. The summed E-state index contributed by atoms with van der Waals surface area (Å²) in [5.74, 6) is -0.310. The van der Waals surface area contributed by atoms with E-state index >= 15 is 0 Å². The lowest BCUT2D eigenvalue weighted by molar-refractivity contribution is -0.128. The monoisotopic (exact) mass is 326 g/mol. The van der Waals surface area contributed by atoms with Crippen molar-refractivity contribution in [3.8, 4) is 0 Å². The molecule has 2 heterocycles. The molecule has 1 aromatic rings. The van der Waals surface area contributed by atoms with Gasteiger partial charge in [-0.3, -0.25) is 4.79 Å². The van der Waals surface area contributed by atoms with Crippen LogP contribution >= 0.6 is 0 Å². The zero-order chi connectivity index (χ0) is 15.7. The standard InChI is InChI=1S/C15H19FN2O3S/c16-22(20,21)14-9-15(19)18(11-14)10-12-3-5-13(6-4-12)17-7-1-2-8-17/h3-6,14H,1-2,7-11H2. The minimum absolute atomic E-state index is 0.0639. The zero-order valence-electron chi connectivity index (χ0n) is 12.2. The molecule has 120 valence electrons. The average Bonchev–Trinajstić information content (AvgIpc) is 3.10. The minimum atomic E-state index is -4.65. The summed E-state index contributed by atoms with van der Waals surface area (Å²) in [6.45, 7) is 2.40. The van der Waals surface area contributed by atoms with Gasteiger partial charge in [0.25, 0.3) is 0 Å². The highest BCUT2D eigenvalue weighted by Gasteiger charge is 2.38. The molecule has 1 unspecified atom stereocenters. The van der Waals surface area contributed by atoms with Crippen LogP contribution in [0.5, 0.6) is 0 Å². The molecule has 2 aliphatic heterocycles. The van der Waals surface area contributed by atoms with E-state index in [1.165, 1.54) is 23.4 Å². The maximum Gasteiger partial charge on any atom is 0.307 e. The normalized spacial score (nSPS) is 22.6. The fourth-order valence-electron chi connectivity index (χ4n) is 3.09. The van der Waals surface area contributed by atoms with Crippen molar-refractivity contribution >= 4 is 21.8 Å². The van der Waals surface area contributed by atoms with E-state index in [1.54, 1.807) is 0 Å². The van der Waals surface area contributed by atoms with Crippen LogP contribution in [0.15, 0.2) is 24.3 Å². The summed E-state index contributed by atoms with van der Waals surface area (Å²) >= 11 is 0. The summed E-state index contributed by atoms with van der Waals surface area (Å²) in [4.78, 5) is 15.5. The Hall–Kier alpha value is -1.63. The topological polar surface area (TPSA) is 57.7 Å². The molecule has 1 amide bonds. The molecule has 0 aromatic heterocycles. The van der Waals surface area contributed by atoms with E-state index in [2.05, 4.69) is 4.90 Å². The number of nitrogens with zero attached hydrogens (tertiary/aromatic N) is 2. The lowest BCUT2D eigenvalue weighted by atomic mass is 10.2. The van der Waals surface area contributed by atoms with Crippen LogP contribution in [0.1, 0.15) is 24.8 Å². The van der Waals surface area contributed by atoms with Gasteiger partial charge in [-0.25, -0.2) is 0 Å². The van der Waals surface area contributed by atoms with Crippen molar-refractivity contribution < 1.29 is 17.1 Å². The third-order valence-corrected chi connectivity index (χ3v) is 5.47. The Morgan fingerprint density at radius 1 is 1.14 bits per heavy atom. The van der Waals surface area contributed by atoms with Gasteiger partial charge in [0.1, 0.15) is 5.25 Å². The molecule has 0 spiro atoms. The first-order valence-electron chi connectivity index (χ1n) is 7.48. The van der Waals surface area contributed by atoms with Crippen molar-refractivity contribution in [1.29, 1.82) is 0 Å². The number of benzene rings is 1. The molecule has 3 rings (SSSR count). The molecule has 0 saturated carbocycles. The second-order valence-corrected chi connectivity index (χ2v) is 7.55. The molecule has 2 saturated heterocycles. The summed E-state index contributed by atoms with van der Waals surface area (Å²) in [7, 11) is -4.65. The van der Waals surface area contributed by atoms with Gasteiger partial charge in [-0.05, 0) is 30.5 Å². The van der Waals surface area contributed by atoms with Gasteiger partial charge in [0.15, 0.2) is 0 Å². The van der Waals surface area contributed by atoms with Crippen LogP contribution in [0.4, 0.5) is 9.57 Å². The van der Waals surface area contributed by atoms with Crippen molar-refractivity contribution in [1.82, 2.24) is 4.90 Å². The predicted octanol–water partition coefficient (Wildman–Crippen LogP) is 1.69. The van der Waals surface area contributed by atoms with E-state index in [1.807, 2.05) is 24.3 Å². The highest BCUT2D eigenvalue weighted by atomic mass is 32.3. The van der Waals surface area contributed by atoms with E-state index in [9.17, 15) is 17.1 Å². The maximum absolute atomic E-state index is 13.0. The molecule has 0 bridgehead atoms. The number of likely N-dealkylation sites (tertiary alicyclic amines) is 1. The third kappa shape index (κ3) is 3.24. The van der Waals surface area contributed by atoms with Gasteiger partial charge in [0.2, 0.25) is 5.91 Å². The zero-order valence-corrected chi connectivity index (χ0v) is 13.1. The number of carbonyl (C=O) groups excluding carboxylic acids is 1. The lowest BCUT2D eigenvalue weighted by Crippen LogP contribution is -2.26. The molecule has 2 fully saturated rings. The molecule has 5 nitrogen and oxygen atoms in total. The SMILES string of the molecule is O=C1CC(S(=O)(=O)F)CN1Cc1ccc(N2CCCC2)cc1. The molecule has 22 heavy (non-hydrogen) atoms. The predicted molar refractivity (Wildman–Crippen MR) is 81.7 cm³/mol. The van der Waals surface area contributed by atoms with Gasteiger partial charge in [-0.15, -0.1) is 3.89 Å². The summed E-state index contributed by atoms with van der Waals surface area (Å²) in [6, 6.07) is 7.92. The van der Waals surface area contributed by atoms with E-state index in [4.69, 9.17) is 0 Å². The molecule has 7 heteroatoms. The Morgan fingerprint density at radius 2 is 1.77 bits per heavy atom. The lowest BCUT2D eigenvalue weighted by Gasteiger charge is -2.19. The number of rotatable bonds is 4. The van der Waals surface area contributed by atoms with Gasteiger partial charge in [0.05, 0.1) is 0 Å². The third-order valence-electron chi connectivity index (χ3n) is 4.36. The van der Waals surface area contributed by atoms with Gasteiger partial charge in [0, 0.05) is 38.3 Å². The molecule has 0 radical (unpaired) electrons. The van der Waals surface area contributed by atoms with Crippen molar-refractivity contribution in [3.05, 3.63) is 29.8 Å². The number of anilines is 1. The first-order chi connectivity index (χ1) is 10.4. The van der Waals surface area contributed by atoms with Crippen LogP contribution in [-0.4, -0.2) is 44.1 Å². The first kappa shape index (κ1) is 15.3. The van der Waals surface area contributed by atoms with E-state index in [0.717, 1.165) is 18.7 Å². The number of carbonyl (C=O) groups is 1. The van der Waals surface area contributed by atoms with Crippen molar-refractivity contribution in [3.63, 3.8) is 0 Å². The molecule has 2 aliphatic rings. The fourth-order valence-corrected chi connectivity index (χ4v) is 3.78. The highest BCUT2D eigenvalue weighted by Crippen LogP contribution is 2.24. The molecule has 1 atom stereocenters. The Kier molecular flexibility index (Phi) is 4.08. The van der Waals surface area contributed by atoms with Crippen molar-refractivity contribution in [2.45, 2.75) is 31.1 Å². The number of amides is 1. The fraction of sp³-hybridized carbons (Fsp3) is 0.533. The number of halogens is 1. The Bertz CT molecular complexity index is 654. The highest BCUT2D eigenvalue weighted by molar-refractivity contribution is 7.87. The smallest absolute Gasteiger partial charge is 0.307 e. The van der Waals surface area contributed by atoms with Gasteiger partial charge in [-0.2, -0.15) is 8.42 Å². The minimum Gasteiger partial charge on any atom is -0.372 e. The van der Waals surface area contributed by atoms with E-state index < -0.39 is 15.5 Å². The van der Waals surface area contributed by atoms with Gasteiger partial charge >= 0.3 is 10.2 Å². The Balaban J connectivity index is 1.65. The van der Waals surface area contributed by atoms with E-state index in [0.29, 0.717) is 6.54 Å². The van der Waals surface area contributed by atoms with Crippen LogP contribution in [0.25, 0.3) is 0 Å². The van der Waals surface area contributed by atoms with Crippen LogP contribution in [-0.2, 0) is 21.6 Å². The number of hydrogen-bond acceptors (Lipinski definition) is 4. The van der Waals surface area contributed by atoms with Gasteiger partial charge < -0.3 is 9.80 Å². The molecule has 1 aromatic carbocycles.